The van der Waals surface area contributed by atoms with Crippen LogP contribution < -0.4 is 5.32 Å². The first-order chi connectivity index (χ1) is 12.5. The van der Waals surface area contributed by atoms with Gasteiger partial charge in [-0.3, -0.25) is 0 Å². The van der Waals surface area contributed by atoms with Gasteiger partial charge in [0, 0.05) is 24.6 Å². The number of benzene rings is 2. The highest BCUT2D eigenvalue weighted by Gasteiger charge is 2.17. The summed E-state index contributed by atoms with van der Waals surface area (Å²) in [4.78, 5) is 14.4. The minimum absolute atomic E-state index is 0.0212. The fraction of sp³-hybridized carbons (Fsp3) is 0.238. The van der Waals surface area contributed by atoms with Crippen molar-refractivity contribution in [3.05, 3.63) is 77.6 Å². The summed E-state index contributed by atoms with van der Waals surface area (Å²) in [6.45, 7) is 6.07. The zero-order valence-corrected chi connectivity index (χ0v) is 15.6. The van der Waals surface area contributed by atoms with E-state index in [0.717, 1.165) is 22.6 Å². The van der Waals surface area contributed by atoms with Gasteiger partial charge in [0.2, 0.25) is 0 Å². The van der Waals surface area contributed by atoms with E-state index in [-0.39, 0.29) is 12.1 Å². The van der Waals surface area contributed by atoms with Gasteiger partial charge in [-0.25, -0.2) is 9.48 Å². The summed E-state index contributed by atoms with van der Waals surface area (Å²) in [6.07, 6.45) is 1.76. The summed E-state index contributed by atoms with van der Waals surface area (Å²) in [5, 5.41) is 7.28. The number of hydrogen-bond acceptors (Lipinski definition) is 2. The van der Waals surface area contributed by atoms with Crippen molar-refractivity contribution in [2.24, 2.45) is 0 Å². The minimum Gasteiger partial charge on any atom is -0.321 e. The van der Waals surface area contributed by atoms with Crippen molar-refractivity contribution < 1.29 is 4.79 Å². The molecule has 0 radical (unpaired) electrons. The molecule has 0 aliphatic rings. The number of urea groups is 1. The Labute approximate surface area is 154 Å². The van der Waals surface area contributed by atoms with Crippen molar-refractivity contribution in [2.45, 2.75) is 26.8 Å². The van der Waals surface area contributed by atoms with Crippen LogP contribution in [0.2, 0.25) is 0 Å². The number of aromatic nitrogens is 2. The molecule has 0 fully saturated rings. The summed E-state index contributed by atoms with van der Waals surface area (Å²) in [7, 11) is 1.81. The van der Waals surface area contributed by atoms with Crippen LogP contribution in [0.15, 0.2) is 60.8 Å². The van der Waals surface area contributed by atoms with Crippen LogP contribution in [0.1, 0.15) is 29.8 Å². The second-order valence-corrected chi connectivity index (χ2v) is 6.56. The normalized spacial score (nSPS) is 11.8. The number of nitrogens with one attached hydrogen (secondary N) is 1. The molecule has 1 heterocycles. The summed E-state index contributed by atoms with van der Waals surface area (Å²) < 4.78 is 1.84. The third-order valence-electron chi connectivity index (χ3n) is 4.64. The van der Waals surface area contributed by atoms with Crippen molar-refractivity contribution in [1.29, 1.82) is 0 Å². The lowest BCUT2D eigenvalue weighted by molar-refractivity contribution is 0.208. The quantitative estimate of drug-likeness (QED) is 0.742. The Bertz CT molecular complexity index is 898. The predicted octanol–water partition coefficient (Wildman–Crippen LogP) is 4.71. The number of hydrogen-bond donors (Lipinski definition) is 1. The molecule has 1 aromatic heterocycles. The maximum Gasteiger partial charge on any atom is 0.322 e. The second-order valence-electron chi connectivity index (χ2n) is 6.56. The molecule has 0 aliphatic heterocycles. The van der Waals surface area contributed by atoms with Gasteiger partial charge in [-0.05, 0) is 50.6 Å². The van der Waals surface area contributed by atoms with E-state index in [4.69, 9.17) is 0 Å². The van der Waals surface area contributed by atoms with E-state index >= 15 is 0 Å². The fourth-order valence-corrected chi connectivity index (χ4v) is 2.81. The molecule has 0 bridgehead atoms. The van der Waals surface area contributed by atoms with Crippen molar-refractivity contribution >= 4 is 11.7 Å². The Kier molecular flexibility index (Phi) is 5.07. The Balaban J connectivity index is 1.73. The van der Waals surface area contributed by atoms with Crippen LogP contribution in [-0.4, -0.2) is 27.8 Å². The summed E-state index contributed by atoms with van der Waals surface area (Å²) in [5.41, 5.74) is 5.01. The number of aryl methyl sites for hydroxylation is 2. The van der Waals surface area contributed by atoms with Gasteiger partial charge in [0.05, 0.1) is 11.7 Å². The van der Waals surface area contributed by atoms with Crippen LogP contribution in [0, 0.1) is 13.8 Å². The van der Waals surface area contributed by atoms with Gasteiger partial charge < -0.3 is 10.2 Å². The largest absolute Gasteiger partial charge is 0.322 e. The predicted molar refractivity (Wildman–Crippen MR) is 105 cm³/mol. The molecule has 2 amide bonds. The SMILES string of the molecule is Cc1ccc(C(C)N(C)C(=O)Nc2cccc(-n3nccc3C)c2)cc1. The molecule has 0 saturated heterocycles. The maximum absolute atomic E-state index is 12.7. The number of carbonyl (C=O) groups excluding carboxylic acids is 1. The first-order valence-corrected chi connectivity index (χ1v) is 8.67. The highest BCUT2D eigenvalue weighted by Crippen LogP contribution is 2.21. The monoisotopic (exact) mass is 348 g/mol. The molecule has 3 aromatic rings. The van der Waals surface area contributed by atoms with Crippen LogP contribution in [-0.2, 0) is 0 Å². The Hall–Kier alpha value is -3.08. The molecule has 5 nitrogen and oxygen atoms in total. The topological polar surface area (TPSA) is 50.2 Å². The van der Waals surface area contributed by atoms with Crippen molar-refractivity contribution in [3.63, 3.8) is 0 Å². The van der Waals surface area contributed by atoms with Crippen molar-refractivity contribution in [2.75, 3.05) is 12.4 Å². The van der Waals surface area contributed by atoms with Gasteiger partial charge in [0.15, 0.2) is 0 Å². The van der Waals surface area contributed by atoms with E-state index in [1.807, 2.05) is 48.9 Å². The molecule has 1 atom stereocenters. The Morgan fingerprint density at radius 1 is 1.12 bits per heavy atom. The van der Waals surface area contributed by atoms with Crippen LogP contribution in [0.25, 0.3) is 5.69 Å². The Morgan fingerprint density at radius 3 is 2.50 bits per heavy atom. The van der Waals surface area contributed by atoms with Crippen LogP contribution in [0.5, 0.6) is 0 Å². The first kappa shape index (κ1) is 17.7. The van der Waals surface area contributed by atoms with Crippen molar-refractivity contribution in [3.8, 4) is 5.69 Å². The van der Waals surface area contributed by atoms with E-state index in [0.29, 0.717) is 0 Å². The van der Waals surface area contributed by atoms with Gasteiger partial charge in [-0.15, -0.1) is 0 Å². The van der Waals surface area contributed by atoms with Gasteiger partial charge >= 0.3 is 6.03 Å². The van der Waals surface area contributed by atoms with E-state index < -0.39 is 0 Å². The molecule has 0 aliphatic carbocycles. The zero-order valence-electron chi connectivity index (χ0n) is 15.6. The third kappa shape index (κ3) is 3.77. The summed E-state index contributed by atoms with van der Waals surface area (Å²) in [5.74, 6) is 0. The van der Waals surface area contributed by atoms with E-state index in [2.05, 4.69) is 41.6 Å². The molecule has 1 N–H and O–H groups in total. The molecular weight excluding hydrogens is 324 g/mol. The highest BCUT2D eigenvalue weighted by atomic mass is 16.2. The van der Waals surface area contributed by atoms with Crippen LogP contribution in [0.3, 0.4) is 0 Å². The van der Waals surface area contributed by atoms with Gasteiger partial charge in [-0.2, -0.15) is 5.10 Å². The van der Waals surface area contributed by atoms with Crippen molar-refractivity contribution in [1.82, 2.24) is 14.7 Å². The van der Waals surface area contributed by atoms with E-state index in [1.54, 1.807) is 18.1 Å². The fourth-order valence-electron chi connectivity index (χ4n) is 2.81. The number of nitrogens with zero attached hydrogens (tertiary/aromatic N) is 3. The number of anilines is 1. The molecule has 134 valence electrons. The zero-order chi connectivity index (χ0) is 18.7. The van der Waals surface area contributed by atoms with E-state index in [9.17, 15) is 4.79 Å². The molecule has 3 rings (SSSR count). The third-order valence-corrected chi connectivity index (χ3v) is 4.64. The smallest absolute Gasteiger partial charge is 0.321 e. The van der Waals surface area contributed by atoms with E-state index in [1.165, 1.54) is 5.56 Å². The molecule has 1 unspecified atom stereocenters. The number of amides is 2. The maximum atomic E-state index is 12.7. The molecule has 0 spiro atoms. The highest BCUT2D eigenvalue weighted by molar-refractivity contribution is 5.89. The molecule has 0 saturated carbocycles. The standard InChI is InChI=1S/C21H24N4O/c1-15-8-10-18(11-9-15)17(3)24(4)21(26)23-19-6-5-7-20(14-19)25-16(2)12-13-22-25/h5-14,17H,1-4H3,(H,23,26). The molecule has 5 heteroatoms. The molecule has 2 aromatic carbocycles. The second kappa shape index (κ2) is 7.44. The number of rotatable bonds is 4. The first-order valence-electron chi connectivity index (χ1n) is 8.67. The minimum atomic E-state index is -0.146. The molecule has 26 heavy (non-hydrogen) atoms. The lowest BCUT2D eigenvalue weighted by Crippen LogP contribution is -2.33. The average molecular weight is 348 g/mol. The average Bonchev–Trinajstić information content (AvgIpc) is 3.07. The lowest BCUT2D eigenvalue weighted by Gasteiger charge is -2.26. The summed E-state index contributed by atoms with van der Waals surface area (Å²) >= 11 is 0. The van der Waals surface area contributed by atoms with Gasteiger partial charge in [0.1, 0.15) is 0 Å². The lowest BCUT2D eigenvalue weighted by atomic mass is 10.1. The van der Waals surface area contributed by atoms with Crippen LogP contribution in [0.4, 0.5) is 10.5 Å². The number of carbonyl (C=O) groups is 1. The van der Waals surface area contributed by atoms with Crippen LogP contribution >= 0.6 is 0 Å². The van der Waals surface area contributed by atoms with Gasteiger partial charge in [-0.1, -0.05) is 35.9 Å². The Morgan fingerprint density at radius 2 is 1.85 bits per heavy atom. The van der Waals surface area contributed by atoms with Gasteiger partial charge in [0.25, 0.3) is 0 Å². The molecular formula is C21H24N4O. The summed E-state index contributed by atoms with van der Waals surface area (Å²) in [6, 6.07) is 17.7.